The zero-order valence-electron chi connectivity index (χ0n) is 12.8. The number of aromatic nitrogens is 4. The van der Waals surface area contributed by atoms with E-state index in [1.807, 2.05) is 17.6 Å². The molecule has 0 bridgehead atoms. The Balaban J connectivity index is 1.67. The summed E-state index contributed by atoms with van der Waals surface area (Å²) < 4.78 is 7.26. The van der Waals surface area contributed by atoms with Crippen LogP contribution in [0.3, 0.4) is 0 Å². The number of hydrogen-bond donors (Lipinski definition) is 1. The molecular weight excluding hydrogens is 350 g/mol. The molecule has 1 N–H and O–H groups in total. The molecule has 0 atom stereocenters. The average Bonchev–Trinajstić information content (AvgIpc) is 3.23. The predicted octanol–water partition coefficient (Wildman–Crippen LogP) is 3.34. The second-order valence-corrected chi connectivity index (χ2v) is 6.01. The number of thioether (sulfide) groups is 1. The quantitative estimate of drug-likeness (QED) is 0.534. The van der Waals surface area contributed by atoms with Gasteiger partial charge in [0.15, 0.2) is 21.9 Å². The van der Waals surface area contributed by atoms with E-state index in [2.05, 4.69) is 20.5 Å². The van der Waals surface area contributed by atoms with Crippen molar-refractivity contribution < 1.29 is 9.21 Å². The van der Waals surface area contributed by atoms with Crippen molar-refractivity contribution in [3.63, 3.8) is 0 Å². The molecule has 124 valence electrons. The van der Waals surface area contributed by atoms with Crippen LogP contribution in [0.1, 0.15) is 6.92 Å². The first kappa shape index (κ1) is 16.5. The number of halogens is 1. The van der Waals surface area contributed by atoms with Crippen LogP contribution in [-0.2, 0) is 11.3 Å². The van der Waals surface area contributed by atoms with Gasteiger partial charge >= 0.3 is 0 Å². The third-order valence-corrected chi connectivity index (χ3v) is 4.41. The molecule has 0 aliphatic heterocycles. The zero-order chi connectivity index (χ0) is 16.9. The minimum absolute atomic E-state index is 0.182. The molecule has 0 aliphatic rings. The van der Waals surface area contributed by atoms with Crippen molar-refractivity contribution >= 4 is 35.0 Å². The lowest BCUT2D eigenvalue weighted by Gasteiger charge is -2.07. The predicted molar refractivity (Wildman–Crippen MR) is 92.0 cm³/mol. The van der Waals surface area contributed by atoms with Gasteiger partial charge in [0.2, 0.25) is 5.91 Å². The molecule has 0 radical (unpaired) electrons. The van der Waals surface area contributed by atoms with E-state index >= 15 is 0 Å². The fraction of sp³-hybridized carbons (Fsp3) is 0.200. The van der Waals surface area contributed by atoms with Crippen LogP contribution in [-0.4, -0.2) is 31.4 Å². The molecule has 24 heavy (non-hydrogen) atoms. The van der Waals surface area contributed by atoms with Crippen LogP contribution in [0, 0.1) is 0 Å². The van der Waals surface area contributed by atoms with Crippen molar-refractivity contribution in [2.75, 3.05) is 11.1 Å². The second kappa shape index (κ2) is 7.50. The molecule has 1 amide bonds. The number of nitrogens with one attached hydrogen (secondary N) is 1. The lowest BCUT2D eigenvalue weighted by molar-refractivity contribution is -0.113. The van der Waals surface area contributed by atoms with Gasteiger partial charge in [0.25, 0.3) is 0 Å². The van der Waals surface area contributed by atoms with E-state index in [9.17, 15) is 4.79 Å². The van der Waals surface area contributed by atoms with Crippen LogP contribution in [0.15, 0.2) is 46.3 Å². The monoisotopic (exact) mass is 363 g/mol. The summed E-state index contributed by atoms with van der Waals surface area (Å²) in [6.07, 6.45) is 3.15. The van der Waals surface area contributed by atoms with Crippen molar-refractivity contribution in [2.24, 2.45) is 0 Å². The minimum atomic E-state index is -0.194. The number of carbonyl (C=O) groups is 1. The van der Waals surface area contributed by atoms with Gasteiger partial charge in [-0.2, -0.15) is 0 Å². The zero-order valence-corrected chi connectivity index (χ0v) is 14.3. The SMILES string of the molecule is CCn1c(SCC(=O)Nc2cccnc2Cl)nnc1-c1ccco1. The summed E-state index contributed by atoms with van der Waals surface area (Å²) in [4.78, 5) is 16.0. The highest BCUT2D eigenvalue weighted by Gasteiger charge is 2.16. The fourth-order valence-electron chi connectivity index (χ4n) is 2.06. The third-order valence-electron chi connectivity index (χ3n) is 3.14. The van der Waals surface area contributed by atoms with Crippen molar-refractivity contribution in [1.82, 2.24) is 19.7 Å². The Morgan fingerprint density at radius 2 is 2.25 bits per heavy atom. The Hall–Kier alpha value is -2.32. The highest BCUT2D eigenvalue weighted by molar-refractivity contribution is 7.99. The molecule has 9 heteroatoms. The van der Waals surface area contributed by atoms with Crippen LogP contribution in [0.4, 0.5) is 5.69 Å². The first-order chi connectivity index (χ1) is 11.7. The van der Waals surface area contributed by atoms with Gasteiger partial charge < -0.3 is 9.73 Å². The lowest BCUT2D eigenvalue weighted by atomic mass is 10.4. The molecule has 3 rings (SSSR count). The molecule has 0 spiro atoms. The van der Waals surface area contributed by atoms with E-state index in [0.717, 1.165) is 0 Å². The lowest BCUT2D eigenvalue weighted by Crippen LogP contribution is -2.15. The number of amides is 1. The summed E-state index contributed by atoms with van der Waals surface area (Å²) in [5.41, 5.74) is 0.484. The Kier molecular flexibility index (Phi) is 5.17. The maximum atomic E-state index is 12.1. The first-order valence-electron chi connectivity index (χ1n) is 7.19. The number of furan rings is 1. The van der Waals surface area contributed by atoms with Gasteiger partial charge in [-0.05, 0) is 31.2 Å². The largest absolute Gasteiger partial charge is 0.461 e. The average molecular weight is 364 g/mol. The molecule has 0 aliphatic carbocycles. The number of rotatable bonds is 6. The van der Waals surface area contributed by atoms with Gasteiger partial charge in [0.1, 0.15) is 0 Å². The second-order valence-electron chi connectivity index (χ2n) is 4.71. The third kappa shape index (κ3) is 3.60. The maximum absolute atomic E-state index is 12.1. The highest BCUT2D eigenvalue weighted by atomic mass is 35.5. The van der Waals surface area contributed by atoms with Gasteiger partial charge in [-0.1, -0.05) is 23.4 Å². The first-order valence-corrected chi connectivity index (χ1v) is 8.55. The van der Waals surface area contributed by atoms with E-state index in [0.29, 0.717) is 29.0 Å². The Bertz CT molecular complexity index is 834. The van der Waals surface area contributed by atoms with E-state index in [1.165, 1.54) is 11.8 Å². The summed E-state index contributed by atoms with van der Waals surface area (Å²) >= 11 is 7.22. The van der Waals surface area contributed by atoms with E-state index in [4.69, 9.17) is 16.0 Å². The minimum Gasteiger partial charge on any atom is -0.461 e. The normalized spacial score (nSPS) is 10.8. The van der Waals surface area contributed by atoms with Gasteiger partial charge in [-0.15, -0.1) is 10.2 Å². The molecule has 7 nitrogen and oxygen atoms in total. The molecule has 3 aromatic rings. The Morgan fingerprint density at radius 1 is 1.38 bits per heavy atom. The van der Waals surface area contributed by atoms with Crippen LogP contribution in [0.2, 0.25) is 5.15 Å². The standard InChI is InChI=1S/C15H14ClN5O2S/c1-2-21-14(11-6-4-8-23-11)19-20-15(21)24-9-12(22)18-10-5-3-7-17-13(10)16/h3-8H,2,9H2,1H3,(H,18,22). The molecule has 0 unspecified atom stereocenters. The van der Waals surface area contributed by atoms with E-state index in [-0.39, 0.29) is 16.8 Å². The Morgan fingerprint density at radius 3 is 2.96 bits per heavy atom. The van der Waals surface area contributed by atoms with Crippen molar-refractivity contribution in [3.05, 3.63) is 41.9 Å². The van der Waals surface area contributed by atoms with Crippen molar-refractivity contribution in [2.45, 2.75) is 18.6 Å². The summed E-state index contributed by atoms with van der Waals surface area (Å²) in [5, 5.41) is 11.9. The number of carbonyl (C=O) groups excluding carboxylic acids is 1. The molecular formula is C15H14ClN5O2S. The van der Waals surface area contributed by atoms with Gasteiger partial charge in [0.05, 0.1) is 17.7 Å². The van der Waals surface area contributed by atoms with Crippen molar-refractivity contribution in [3.8, 4) is 11.6 Å². The summed E-state index contributed by atoms with van der Waals surface area (Å²) in [6.45, 7) is 2.65. The van der Waals surface area contributed by atoms with Crippen LogP contribution >= 0.6 is 23.4 Å². The van der Waals surface area contributed by atoms with Gasteiger partial charge in [0, 0.05) is 12.7 Å². The van der Waals surface area contributed by atoms with E-state index in [1.54, 1.807) is 30.7 Å². The van der Waals surface area contributed by atoms with Crippen LogP contribution in [0.25, 0.3) is 11.6 Å². The number of pyridine rings is 1. The van der Waals surface area contributed by atoms with Crippen molar-refractivity contribution in [1.29, 1.82) is 0 Å². The number of anilines is 1. The van der Waals surface area contributed by atoms with Crippen LogP contribution in [0.5, 0.6) is 0 Å². The molecule has 3 aromatic heterocycles. The number of hydrogen-bond acceptors (Lipinski definition) is 6. The van der Waals surface area contributed by atoms with Crippen LogP contribution < -0.4 is 5.32 Å². The molecule has 0 saturated carbocycles. The fourth-order valence-corrected chi connectivity index (χ4v) is 3.03. The van der Waals surface area contributed by atoms with Gasteiger partial charge in [-0.3, -0.25) is 9.36 Å². The Labute approximate surface area is 147 Å². The molecule has 0 fully saturated rings. The molecule has 0 aromatic carbocycles. The van der Waals surface area contributed by atoms with E-state index < -0.39 is 0 Å². The summed E-state index contributed by atoms with van der Waals surface area (Å²) in [7, 11) is 0. The molecule has 0 saturated heterocycles. The molecule has 3 heterocycles. The summed E-state index contributed by atoms with van der Waals surface area (Å²) in [6, 6.07) is 7.02. The maximum Gasteiger partial charge on any atom is 0.234 e. The summed E-state index contributed by atoms with van der Waals surface area (Å²) in [5.74, 6) is 1.27. The topological polar surface area (TPSA) is 85.8 Å². The number of nitrogens with zero attached hydrogens (tertiary/aromatic N) is 4. The highest BCUT2D eigenvalue weighted by Crippen LogP contribution is 2.24. The van der Waals surface area contributed by atoms with Gasteiger partial charge in [-0.25, -0.2) is 4.98 Å². The smallest absolute Gasteiger partial charge is 0.234 e.